The van der Waals surface area contributed by atoms with Gasteiger partial charge in [0.05, 0.1) is 11.3 Å². The summed E-state index contributed by atoms with van der Waals surface area (Å²) in [6, 6.07) is 0. The standard InChI is InChI=1S/C12H20N2OS/c1-12(2,15-3)8-13-7-11-14-9-5-4-6-10(9)16-11/h13H,4-8H2,1-3H3. The van der Waals surface area contributed by atoms with E-state index in [1.165, 1.54) is 34.8 Å². The summed E-state index contributed by atoms with van der Waals surface area (Å²) < 4.78 is 5.36. The normalized spacial score (nSPS) is 15.4. The number of aryl methyl sites for hydroxylation is 2. The van der Waals surface area contributed by atoms with E-state index in [-0.39, 0.29) is 5.60 Å². The van der Waals surface area contributed by atoms with Gasteiger partial charge in [0.25, 0.3) is 0 Å². The van der Waals surface area contributed by atoms with E-state index in [0.29, 0.717) is 0 Å². The maximum Gasteiger partial charge on any atom is 0.107 e. The van der Waals surface area contributed by atoms with Crippen LogP contribution in [0.4, 0.5) is 0 Å². The summed E-state index contributed by atoms with van der Waals surface area (Å²) in [6.07, 6.45) is 3.70. The van der Waals surface area contributed by atoms with Gasteiger partial charge in [-0.2, -0.15) is 0 Å². The Balaban J connectivity index is 1.82. The number of hydrogen-bond acceptors (Lipinski definition) is 4. The van der Waals surface area contributed by atoms with Gasteiger partial charge in [0, 0.05) is 25.1 Å². The van der Waals surface area contributed by atoms with Crippen molar-refractivity contribution in [2.45, 2.75) is 45.3 Å². The molecule has 0 bridgehead atoms. The molecule has 0 fully saturated rings. The Kier molecular flexibility index (Phi) is 3.62. The molecule has 90 valence electrons. The Morgan fingerprint density at radius 3 is 2.94 bits per heavy atom. The zero-order valence-corrected chi connectivity index (χ0v) is 11.1. The van der Waals surface area contributed by atoms with Crippen molar-refractivity contribution in [3.05, 3.63) is 15.6 Å². The number of aromatic nitrogens is 1. The third kappa shape index (κ3) is 2.81. The molecule has 3 nitrogen and oxygen atoms in total. The van der Waals surface area contributed by atoms with Crippen LogP contribution in [0.15, 0.2) is 0 Å². The average Bonchev–Trinajstić information content (AvgIpc) is 2.77. The molecule has 1 heterocycles. The van der Waals surface area contributed by atoms with Crippen LogP contribution in [0.5, 0.6) is 0 Å². The van der Waals surface area contributed by atoms with Gasteiger partial charge in [0.1, 0.15) is 5.01 Å². The first-order chi connectivity index (χ1) is 7.61. The predicted octanol–water partition coefficient (Wildman–Crippen LogP) is 2.15. The number of fused-ring (bicyclic) bond motifs is 1. The number of ether oxygens (including phenoxy) is 1. The summed E-state index contributed by atoms with van der Waals surface area (Å²) in [5, 5.41) is 4.62. The van der Waals surface area contributed by atoms with Crippen LogP contribution in [-0.4, -0.2) is 24.2 Å². The van der Waals surface area contributed by atoms with Gasteiger partial charge >= 0.3 is 0 Å². The van der Waals surface area contributed by atoms with Crippen molar-refractivity contribution >= 4 is 11.3 Å². The molecule has 1 aliphatic rings. The summed E-state index contributed by atoms with van der Waals surface area (Å²) >= 11 is 1.87. The van der Waals surface area contributed by atoms with Gasteiger partial charge in [0.2, 0.25) is 0 Å². The molecule has 0 saturated heterocycles. The minimum atomic E-state index is -0.0972. The van der Waals surface area contributed by atoms with E-state index >= 15 is 0 Å². The summed E-state index contributed by atoms with van der Waals surface area (Å²) in [5.41, 5.74) is 1.24. The van der Waals surface area contributed by atoms with Crippen molar-refractivity contribution in [3.63, 3.8) is 0 Å². The first-order valence-electron chi connectivity index (χ1n) is 5.84. The first-order valence-corrected chi connectivity index (χ1v) is 6.66. The van der Waals surface area contributed by atoms with Gasteiger partial charge in [-0.05, 0) is 33.1 Å². The number of thiazole rings is 1. The molecule has 1 aliphatic carbocycles. The number of methoxy groups -OCH3 is 1. The van der Waals surface area contributed by atoms with E-state index in [4.69, 9.17) is 4.74 Å². The van der Waals surface area contributed by atoms with Crippen LogP contribution < -0.4 is 5.32 Å². The molecule has 0 amide bonds. The molecular formula is C12H20N2OS. The van der Waals surface area contributed by atoms with E-state index in [0.717, 1.165) is 13.1 Å². The van der Waals surface area contributed by atoms with Crippen molar-refractivity contribution in [3.8, 4) is 0 Å². The van der Waals surface area contributed by atoms with Crippen molar-refractivity contribution in [2.24, 2.45) is 0 Å². The van der Waals surface area contributed by atoms with Crippen molar-refractivity contribution in [1.29, 1.82) is 0 Å². The third-order valence-corrected chi connectivity index (χ3v) is 4.18. The van der Waals surface area contributed by atoms with Crippen molar-refractivity contribution < 1.29 is 4.74 Å². The summed E-state index contributed by atoms with van der Waals surface area (Å²) in [7, 11) is 1.75. The smallest absolute Gasteiger partial charge is 0.107 e. The highest BCUT2D eigenvalue weighted by Crippen LogP contribution is 2.27. The second-order valence-electron chi connectivity index (χ2n) is 4.90. The van der Waals surface area contributed by atoms with Gasteiger partial charge in [0.15, 0.2) is 0 Å². The second kappa shape index (κ2) is 4.82. The third-order valence-electron chi connectivity index (χ3n) is 3.02. The lowest BCUT2D eigenvalue weighted by atomic mass is 10.1. The number of hydrogen-bond donors (Lipinski definition) is 1. The van der Waals surface area contributed by atoms with Crippen molar-refractivity contribution in [2.75, 3.05) is 13.7 Å². The molecule has 4 heteroatoms. The zero-order chi connectivity index (χ0) is 11.6. The molecule has 1 aromatic heterocycles. The molecule has 0 spiro atoms. The minimum absolute atomic E-state index is 0.0972. The zero-order valence-electron chi connectivity index (χ0n) is 10.3. The summed E-state index contributed by atoms with van der Waals surface area (Å²) in [5.74, 6) is 0. The van der Waals surface area contributed by atoms with Crippen LogP contribution >= 0.6 is 11.3 Å². The van der Waals surface area contributed by atoms with E-state index in [1.807, 2.05) is 11.3 Å². The minimum Gasteiger partial charge on any atom is -0.377 e. The maximum atomic E-state index is 5.36. The molecule has 0 aromatic carbocycles. The van der Waals surface area contributed by atoms with Gasteiger partial charge in [-0.15, -0.1) is 11.3 Å². The summed E-state index contributed by atoms with van der Waals surface area (Å²) in [6.45, 7) is 5.89. The van der Waals surface area contributed by atoms with Crippen LogP contribution in [-0.2, 0) is 24.1 Å². The van der Waals surface area contributed by atoms with Gasteiger partial charge in [-0.25, -0.2) is 4.98 Å². The van der Waals surface area contributed by atoms with Crippen molar-refractivity contribution in [1.82, 2.24) is 10.3 Å². The Morgan fingerprint density at radius 2 is 2.25 bits per heavy atom. The molecule has 1 N–H and O–H groups in total. The van der Waals surface area contributed by atoms with Gasteiger partial charge in [-0.3, -0.25) is 0 Å². The van der Waals surface area contributed by atoms with Crippen LogP contribution in [0.3, 0.4) is 0 Å². The molecule has 0 aliphatic heterocycles. The van der Waals surface area contributed by atoms with Crippen LogP contribution in [0.25, 0.3) is 0 Å². The summed E-state index contributed by atoms with van der Waals surface area (Å²) in [4.78, 5) is 6.15. The number of nitrogens with one attached hydrogen (secondary N) is 1. The Hall–Kier alpha value is -0.450. The largest absolute Gasteiger partial charge is 0.377 e. The van der Waals surface area contributed by atoms with E-state index in [1.54, 1.807) is 7.11 Å². The number of nitrogens with zero attached hydrogens (tertiary/aromatic N) is 1. The lowest BCUT2D eigenvalue weighted by Crippen LogP contribution is -2.36. The fourth-order valence-electron chi connectivity index (χ4n) is 1.86. The highest BCUT2D eigenvalue weighted by molar-refractivity contribution is 7.11. The fraction of sp³-hybridized carbons (Fsp3) is 0.750. The lowest BCUT2D eigenvalue weighted by Gasteiger charge is -2.22. The molecule has 0 unspecified atom stereocenters. The van der Waals surface area contributed by atoms with E-state index in [9.17, 15) is 0 Å². The Labute approximate surface area is 101 Å². The SMILES string of the molecule is COC(C)(C)CNCc1nc2c(s1)CCC2. The Bertz CT molecular complexity index is 338. The molecule has 1 aromatic rings. The topological polar surface area (TPSA) is 34.1 Å². The molecule has 2 rings (SSSR count). The quantitative estimate of drug-likeness (QED) is 0.856. The first kappa shape index (κ1) is 12.0. The monoisotopic (exact) mass is 240 g/mol. The van der Waals surface area contributed by atoms with E-state index in [2.05, 4.69) is 24.1 Å². The van der Waals surface area contributed by atoms with Crippen LogP contribution in [0, 0.1) is 0 Å². The van der Waals surface area contributed by atoms with Crippen LogP contribution in [0.2, 0.25) is 0 Å². The number of rotatable bonds is 5. The van der Waals surface area contributed by atoms with E-state index < -0.39 is 0 Å². The van der Waals surface area contributed by atoms with Gasteiger partial charge < -0.3 is 10.1 Å². The fourth-order valence-corrected chi connectivity index (χ4v) is 2.99. The molecule has 16 heavy (non-hydrogen) atoms. The lowest BCUT2D eigenvalue weighted by molar-refractivity contribution is 0.0230. The molecule has 0 radical (unpaired) electrons. The molecule has 0 atom stereocenters. The van der Waals surface area contributed by atoms with Gasteiger partial charge in [-0.1, -0.05) is 0 Å². The van der Waals surface area contributed by atoms with Crippen LogP contribution in [0.1, 0.15) is 35.8 Å². The highest BCUT2D eigenvalue weighted by Gasteiger charge is 2.18. The maximum absolute atomic E-state index is 5.36. The average molecular weight is 240 g/mol. The molecule has 0 saturated carbocycles. The second-order valence-corrected chi connectivity index (χ2v) is 6.07. The Morgan fingerprint density at radius 1 is 1.44 bits per heavy atom. The highest BCUT2D eigenvalue weighted by atomic mass is 32.1. The molecular weight excluding hydrogens is 220 g/mol. The predicted molar refractivity (Wildman–Crippen MR) is 66.9 cm³/mol.